The monoisotopic (exact) mass is 262 g/mol. The van der Waals surface area contributed by atoms with Crippen molar-refractivity contribution in [2.45, 2.75) is 6.54 Å². The normalized spacial score (nSPS) is 10.1. The van der Waals surface area contributed by atoms with Crippen molar-refractivity contribution >= 4 is 17.6 Å². The Labute approximate surface area is 107 Å². The van der Waals surface area contributed by atoms with Gasteiger partial charge < -0.3 is 15.5 Å². The van der Waals surface area contributed by atoms with Gasteiger partial charge in [0.2, 0.25) is 5.91 Å². The Hall–Kier alpha value is -2.90. The number of nitrogens with one attached hydrogen (secondary N) is 1. The second-order valence-corrected chi connectivity index (χ2v) is 3.68. The minimum absolute atomic E-state index is 0.0384. The second-order valence-electron chi connectivity index (χ2n) is 3.68. The van der Waals surface area contributed by atoms with E-state index in [0.717, 1.165) is 0 Å². The number of carboxylic acids is 1. The van der Waals surface area contributed by atoms with Crippen LogP contribution < -0.4 is 5.32 Å². The van der Waals surface area contributed by atoms with E-state index in [4.69, 9.17) is 5.11 Å². The lowest BCUT2D eigenvalue weighted by Gasteiger charge is -2.07. The molecule has 0 unspecified atom stereocenters. The summed E-state index contributed by atoms with van der Waals surface area (Å²) < 4.78 is 1.33. The lowest BCUT2D eigenvalue weighted by atomic mass is 10.2. The summed E-state index contributed by atoms with van der Waals surface area (Å²) >= 11 is 0. The van der Waals surface area contributed by atoms with E-state index in [1.54, 1.807) is 0 Å². The molecule has 0 saturated carbocycles. The molecular weight excluding hydrogens is 252 g/mol. The molecule has 0 aliphatic carbocycles. The minimum Gasteiger partial charge on any atom is -0.507 e. The van der Waals surface area contributed by atoms with E-state index in [1.807, 2.05) is 0 Å². The number of aromatic nitrogens is 3. The van der Waals surface area contributed by atoms with Crippen LogP contribution in [-0.4, -0.2) is 36.9 Å². The van der Waals surface area contributed by atoms with Gasteiger partial charge in [-0.2, -0.15) is 5.10 Å². The number of anilines is 1. The maximum atomic E-state index is 11.6. The lowest BCUT2D eigenvalue weighted by molar-refractivity contribution is -0.116. The van der Waals surface area contributed by atoms with Crippen LogP contribution in [-0.2, 0) is 11.3 Å². The van der Waals surface area contributed by atoms with Gasteiger partial charge in [0.15, 0.2) is 0 Å². The minimum atomic E-state index is -1.27. The maximum absolute atomic E-state index is 11.6. The molecule has 8 nitrogen and oxygen atoms in total. The second kappa shape index (κ2) is 5.17. The summed E-state index contributed by atoms with van der Waals surface area (Å²) in [6, 6.07) is 3.78. The smallest absolute Gasteiger partial charge is 0.339 e. The molecule has 0 aliphatic heterocycles. The summed E-state index contributed by atoms with van der Waals surface area (Å²) in [5.74, 6) is -2.01. The molecule has 19 heavy (non-hydrogen) atoms. The molecule has 0 spiro atoms. The molecule has 3 N–H and O–H groups in total. The number of amides is 1. The molecule has 98 valence electrons. The van der Waals surface area contributed by atoms with Crippen molar-refractivity contribution < 1.29 is 19.8 Å². The molecule has 0 atom stereocenters. The van der Waals surface area contributed by atoms with Gasteiger partial charge in [0.1, 0.15) is 30.5 Å². The SMILES string of the molecule is O=C(Cn1cncn1)Nc1ccc(O)c(C(=O)O)c1. The van der Waals surface area contributed by atoms with Crippen LogP contribution in [0.25, 0.3) is 0 Å². The zero-order valence-electron chi connectivity index (χ0n) is 9.65. The van der Waals surface area contributed by atoms with Gasteiger partial charge in [0.25, 0.3) is 0 Å². The fourth-order valence-corrected chi connectivity index (χ4v) is 1.45. The van der Waals surface area contributed by atoms with Crippen molar-refractivity contribution in [1.82, 2.24) is 14.8 Å². The summed E-state index contributed by atoms with van der Waals surface area (Å²) in [5.41, 5.74) is -0.00105. The Morgan fingerprint density at radius 2 is 2.16 bits per heavy atom. The van der Waals surface area contributed by atoms with E-state index in [0.29, 0.717) is 0 Å². The molecule has 2 aromatic rings. The Morgan fingerprint density at radius 1 is 1.37 bits per heavy atom. The quantitative estimate of drug-likeness (QED) is 0.683. The fraction of sp³-hybridized carbons (Fsp3) is 0.0909. The van der Waals surface area contributed by atoms with E-state index in [-0.39, 0.29) is 29.5 Å². The van der Waals surface area contributed by atoms with Crippen molar-refractivity contribution in [3.63, 3.8) is 0 Å². The number of carbonyl (C=O) groups is 2. The van der Waals surface area contributed by atoms with Crippen LogP contribution in [0.15, 0.2) is 30.9 Å². The molecule has 0 radical (unpaired) electrons. The Morgan fingerprint density at radius 3 is 2.79 bits per heavy atom. The highest BCUT2D eigenvalue weighted by atomic mass is 16.4. The number of aromatic carboxylic acids is 1. The Balaban J connectivity index is 2.09. The van der Waals surface area contributed by atoms with Crippen molar-refractivity contribution in [3.8, 4) is 5.75 Å². The van der Waals surface area contributed by atoms with E-state index in [9.17, 15) is 14.7 Å². The molecule has 1 aromatic heterocycles. The zero-order valence-corrected chi connectivity index (χ0v) is 9.65. The highest BCUT2D eigenvalue weighted by molar-refractivity contribution is 5.95. The summed E-state index contributed by atoms with van der Waals surface area (Å²) in [7, 11) is 0. The topological polar surface area (TPSA) is 117 Å². The van der Waals surface area contributed by atoms with Gasteiger partial charge in [0.05, 0.1) is 0 Å². The van der Waals surface area contributed by atoms with Crippen LogP contribution in [0.4, 0.5) is 5.69 Å². The van der Waals surface area contributed by atoms with Gasteiger partial charge >= 0.3 is 5.97 Å². The third kappa shape index (κ3) is 3.06. The molecule has 1 amide bonds. The van der Waals surface area contributed by atoms with Crippen molar-refractivity contribution in [2.75, 3.05) is 5.32 Å². The number of carbonyl (C=O) groups excluding carboxylic acids is 1. The number of hydrogen-bond donors (Lipinski definition) is 3. The number of benzene rings is 1. The zero-order chi connectivity index (χ0) is 13.8. The number of aromatic hydroxyl groups is 1. The van der Waals surface area contributed by atoms with Crippen molar-refractivity contribution in [2.24, 2.45) is 0 Å². The first-order chi connectivity index (χ1) is 9.06. The van der Waals surface area contributed by atoms with Crippen LogP contribution in [0.1, 0.15) is 10.4 Å². The number of nitrogens with zero attached hydrogens (tertiary/aromatic N) is 3. The van der Waals surface area contributed by atoms with Gasteiger partial charge in [-0.15, -0.1) is 0 Å². The predicted octanol–water partition coefficient (Wildman–Crippen LogP) is 0.321. The molecule has 2 rings (SSSR count). The van der Waals surface area contributed by atoms with Gasteiger partial charge in [0, 0.05) is 5.69 Å². The highest BCUT2D eigenvalue weighted by Crippen LogP contribution is 2.21. The van der Waals surface area contributed by atoms with Crippen LogP contribution in [0.5, 0.6) is 5.75 Å². The average molecular weight is 262 g/mol. The van der Waals surface area contributed by atoms with Crippen LogP contribution in [0.3, 0.4) is 0 Å². The molecular formula is C11H10N4O4. The maximum Gasteiger partial charge on any atom is 0.339 e. The standard InChI is InChI=1S/C11H10N4O4/c16-9-2-1-7(3-8(9)11(18)19)14-10(17)4-15-6-12-5-13-15/h1-3,5-6,16H,4H2,(H,14,17)(H,18,19). The van der Waals surface area contributed by atoms with E-state index < -0.39 is 5.97 Å². The van der Waals surface area contributed by atoms with E-state index >= 15 is 0 Å². The molecule has 0 aliphatic rings. The number of phenols is 1. The Kier molecular flexibility index (Phi) is 3.42. The van der Waals surface area contributed by atoms with Crippen molar-refractivity contribution in [3.05, 3.63) is 36.4 Å². The lowest BCUT2D eigenvalue weighted by Crippen LogP contribution is -2.19. The first-order valence-corrected chi connectivity index (χ1v) is 5.25. The van der Waals surface area contributed by atoms with Gasteiger partial charge in [-0.25, -0.2) is 14.5 Å². The first-order valence-electron chi connectivity index (χ1n) is 5.25. The fourth-order valence-electron chi connectivity index (χ4n) is 1.45. The van der Waals surface area contributed by atoms with Crippen LogP contribution in [0.2, 0.25) is 0 Å². The number of hydrogen-bond acceptors (Lipinski definition) is 5. The largest absolute Gasteiger partial charge is 0.507 e. The van der Waals surface area contributed by atoms with Crippen LogP contribution in [0, 0.1) is 0 Å². The number of rotatable bonds is 4. The molecule has 1 aromatic carbocycles. The summed E-state index contributed by atoms with van der Waals surface area (Å²) in [6.45, 7) is -0.0384. The van der Waals surface area contributed by atoms with Gasteiger partial charge in [-0.1, -0.05) is 0 Å². The molecule has 1 heterocycles. The molecule has 0 bridgehead atoms. The first kappa shape index (κ1) is 12.6. The predicted molar refractivity (Wildman–Crippen MR) is 63.7 cm³/mol. The van der Waals surface area contributed by atoms with Gasteiger partial charge in [-0.05, 0) is 18.2 Å². The van der Waals surface area contributed by atoms with Gasteiger partial charge in [-0.3, -0.25) is 4.79 Å². The van der Waals surface area contributed by atoms with Crippen molar-refractivity contribution in [1.29, 1.82) is 0 Å². The summed E-state index contributed by atoms with van der Waals surface area (Å²) in [4.78, 5) is 26.1. The van der Waals surface area contributed by atoms with Crippen LogP contribution >= 0.6 is 0 Å². The average Bonchev–Trinajstić information content (AvgIpc) is 2.84. The molecule has 8 heteroatoms. The third-order valence-electron chi connectivity index (χ3n) is 2.28. The highest BCUT2D eigenvalue weighted by Gasteiger charge is 2.11. The summed E-state index contributed by atoms with van der Waals surface area (Å²) in [5, 5.41) is 24.4. The molecule has 0 saturated heterocycles. The Bertz CT molecular complexity index is 609. The summed E-state index contributed by atoms with van der Waals surface area (Å²) in [6.07, 6.45) is 2.69. The van der Waals surface area contributed by atoms with E-state index in [2.05, 4.69) is 15.4 Å². The number of carboxylic acid groups (broad SMARTS) is 1. The third-order valence-corrected chi connectivity index (χ3v) is 2.28. The van der Waals surface area contributed by atoms with E-state index in [1.165, 1.54) is 35.5 Å². The molecule has 0 fully saturated rings.